The van der Waals surface area contributed by atoms with Gasteiger partial charge in [-0.3, -0.25) is 14.2 Å². The van der Waals surface area contributed by atoms with E-state index in [1.807, 2.05) is 20.8 Å². The van der Waals surface area contributed by atoms with Gasteiger partial charge in [-0.2, -0.15) is 0 Å². The van der Waals surface area contributed by atoms with Crippen molar-refractivity contribution in [2.24, 2.45) is 0 Å². The molecule has 5 nitrogen and oxygen atoms in total. The molecule has 2 heterocycles. The second kappa shape index (κ2) is 9.04. The molecule has 0 spiro atoms. The number of hydrogen-bond acceptors (Lipinski definition) is 5. The molecule has 0 aliphatic rings. The molecular formula is C20H21F2N3O2S2. The Morgan fingerprint density at radius 3 is 2.62 bits per heavy atom. The second-order valence-corrected chi connectivity index (χ2v) is 8.75. The average Bonchev–Trinajstić information content (AvgIpc) is 2.96. The van der Waals surface area contributed by atoms with Gasteiger partial charge in [-0.05, 0) is 38.0 Å². The molecule has 2 aromatic heterocycles. The van der Waals surface area contributed by atoms with Crippen molar-refractivity contribution >= 4 is 44.9 Å². The molecule has 0 aliphatic heterocycles. The van der Waals surface area contributed by atoms with Gasteiger partial charge in [0.05, 0.1) is 11.1 Å². The quantitative estimate of drug-likeness (QED) is 0.423. The number of anilines is 1. The van der Waals surface area contributed by atoms with Crippen LogP contribution in [-0.4, -0.2) is 21.2 Å². The van der Waals surface area contributed by atoms with Gasteiger partial charge < -0.3 is 5.32 Å². The summed E-state index contributed by atoms with van der Waals surface area (Å²) in [6.07, 6.45) is 1.71. The van der Waals surface area contributed by atoms with E-state index in [1.54, 1.807) is 4.57 Å². The third-order valence-electron chi connectivity index (χ3n) is 4.55. The molecule has 3 aromatic rings. The Bertz CT molecular complexity index is 1100. The molecule has 0 unspecified atom stereocenters. The first-order chi connectivity index (χ1) is 13.8. The first-order valence-electron chi connectivity index (χ1n) is 9.20. The van der Waals surface area contributed by atoms with Crippen LogP contribution in [0.2, 0.25) is 0 Å². The highest BCUT2D eigenvalue weighted by atomic mass is 32.2. The Balaban J connectivity index is 1.87. The number of thioether (sulfide) groups is 1. The Labute approximate surface area is 175 Å². The number of carbonyl (C=O) groups excluding carboxylic acids is 1. The maximum atomic E-state index is 13.7. The van der Waals surface area contributed by atoms with Crippen LogP contribution in [0.1, 0.15) is 30.2 Å². The second-order valence-electron chi connectivity index (χ2n) is 6.60. The number of aryl methyl sites for hydroxylation is 2. The van der Waals surface area contributed by atoms with E-state index >= 15 is 0 Å². The van der Waals surface area contributed by atoms with Crippen LogP contribution in [0.5, 0.6) is 0 Å². The van der Waals surface area contributed by atoms with Gasteiger partial charge in [-0.15, -0.1) is 11.3 Å². The predicted molar refractivity (Wildman–Crippen MR) is 114 cm³/mol. The van der Waals surface area contributed by atoms with Crippen LogP contribution in [0.15, 0.2) is 28.2 Å². The highest BCUT2D eigenvalue weighted by molar-refractivity contribution is 7.99. The number of amides is 1. The summed E-state index contributed by atoms with van der Waals surface area (Å²) >= 11 is 2.53. The molecule has 29 heavy (non-hydrogen) atoms. The van der Waals surface area contributed by atoms with Crippen molar-refractivity contribution in [3.05, 3.63) is 50.6 Å². The summed E-state index contributed by atoms with van der Waals surface area (Å²) in [5.74, 6) is -2.38. The lowest BCUT2D eigenvalue weighted by Gasteiger charge is -2.12. The first kappa shape index (κ1) is 21.4. The van der Waals surface area contributed by atoms with E-state index in [9.17, 15) is 18.4 Å². The van der Waals surface area contributed by atoms with Crippen molar-refractivity contribution < 1.29 is 13.6 Å². The summed E-state index contributed by atoms with van der Waals surface area (Å²) in [6.45, 7) is 6.38. The molecule has 1 N–H and O–H groups in total. The topological polar surface area (TPSA) is 64.0 Å². The van der Waals surface area contributed by atoms with Crippen LogP contribution < -0.4 is 10.9 Å². The summed E-state index contributed by atoms with van der Waals surface area (Å²) in [5.41, 5.74) is 0.333. The zero-order valence-electron chi connectivity index (χ0n) is 16.3. The van der Waals surface area contributed by atoms with E-state index in [0.29, 0.717) is 21.9 Å². The number of benzene rings is 1. The summed E-state index contributed by atoms with van der Waals surface area (Å²) in [4.78, 5) is 31.5. The molecule has 3 rings (SSSR count). The van der Waals surface area contributed by atoms with Gasteiger partial charge in [0.1, 0.15) is 22.2 Å². The number of nitrogens with one attached hydrogen (secondary N) is 1. The zero-order valence-corrected chi connectivity index (χ0v) is 18.0. The van der Waals surface area contributed by atoms with Crippen molar-refractivity contribution in [1.82, 2.24) is 9.55 Å². The van der Waals surface area contributed by atoms with Crippen LogP contribution in [-0.2, 0) is 11.3 Å². The highest BCUT2D eigenvalue weighted by Crippen LogP contribution is 2.28. The number of unbranched alkanes of at least 4 members (excludes halogenated alkanes) is 1. The van der Waals surface area contributed by atoms with E-state index < -0.39 is 23.2 Å². The standard InChI is InChI=1S/C20H21F2N3O2S2/c1-4-5-9-25-19(27)16-11(2)12(3)29-18(16)24-20(25)28-10-15(26)23-17-13(21)7-6-8-14(17)22/h6-8H,4-5,9-10H2,1-3H3,(H,23,26). The van der Waals surface area contributed by atoms with Crippen LogP contribution in [0, 0.1) is 25.5 Å². The van der Waals surface area contributed by atoms with Gasteiger partial charge in [0, 0.05) is 11.4 Å². The number of carbonyl (C=O) groups is 1. The zero-order chi connectivity index (χ0) is 21.1. The van der Waals surface area contributed by atoms with Crippen molar-refractivity contribution in [2.45, 2.75) is 45.3 Å². The van der Waals surface area contributed by atoms with E-state index in [-0.39, 0.29) is 11.3 Å². The van der Waals surface area contributed by atoms with Crippen LogP contribution in [0.25, 0.3) is 10.2 Å². The molecular weight excluding hydrogens is 416 g/mol. The Kier molecular flexibility index (Phi) is 6.69. The number of thiophene rings is 1. The van der Waals surface area contributed by atoms with Gasteiger partial charge >= 0.3 is 0 Å². The molecule has 1 amide bonds. The fourth-order valence-electron chi connectivity index (χ4n) is 2.86. The van der Waals surface area contributed by atoms with E-state index in [0.717, 1.165) is 47.2 Å². The molecule has 9 heteroatoms. The number of rotatable bonds is 7. The summed E-state index contributed by atoms with van der Waals surface area (Å²) in [5, 5.41) is 3.30. The Morgan fingerprint density at radius 2 is 1.97 bits per heavy atom. The fraction of sp³-hybridized carbons (Fsp3) is 0.350. The van der Waals surface area contributed by atoms with Crippen LogP contribution in [0.3, 0.4) is 0 Å². The fourth-order valence-corrected chi connectivity index (χ4v) is 4.75. The third-order valence-corrected chi connectivity index (χ3v) is 6.63. The van der Waals surface area contributed by atoms with Gasteiger partial charge in [0.15, 0.2) is 5.16 Å². The summed E-state index contributed by atoms with van der Waals surface area (Å²) in [6, 6.07) is 3.38. The number of nitrogens with zero attached hydrogens (tertiary/aromatic N) is 2. The van der Waals surface area contributed by atoms with Crippen molar-refractivity contribution in [3.63, 3.8) is 0 Å². The normalized spacial score (nSPS) is 11.2. The van der Waals surface area contributed by atoms with Crippen molar-refractivity contribution in [2.75, 3.05) is 11.1 Å². The minimum atomic E-state index is -0.840. The smallest absolute Gasteiger partial charge is 0.263 e. The molecule has 0 atom stereocenters. The molecule has 154 valence electrons. The number of halogens is 2. The molecule has 0 radical (unpaired) electrons. The number of hydrogen-bond donors (Lipinski definition) is 1. The summed E-state index contributed by atoms with van der Waals surface area (Å²) in [7, 11) is 0. The average molecular weight is 438 g/mol. The third kappa shape index (κ3) is 4.51. The Morgan fingerprint density at radius 1 is 1.28 bits per heavy atom. The van der Waals surface area contributed by atoms with Gasteiger partial charge in [-0.1, -0.05) is 31.2 Å². The maximum Gasteiger partial charge on any atom is 0.263 e. The molecule has 0 fully saturated rings. The van der Waals surface area contributed by atoms with Gasteiger partial charge in [-0.25, -0.2) is 13.8 Å². The minimum Gasteiger partial charge on any atom is -0.320 e. The molecule has 1 aromatic carbocycles. The maximum absolute atomic E-state index is 13.7. The Hall–Kier alpha value is -2.26. The first-order valence-corrected chi connectivity index (χ1v) is 11.0. The predicted octanol–water partition coefficient (Wildman–Crippen LogP) is 4.88. The lowest BCUT2D eigenvalue weighted by Crippen LogP contribution is -2.24. The largest absolute Gasteiger partial charge is 0.320 e. The molecule has 0 bridgehead atoms. The highest BCUT2D eigenvalue weighted by Gasteiger charge is 2.18. The molecule has 0 saturated carbocycles. The van der Waals surface area contributed by atoms with Crippen molar-refractivity contribution in [1.29, 1.82) is 0 Å². The molecule has 0 saturated heterocycles. The van der Waals surface area contributed by atoms with Gasteiger partial charge in [0.2, 0.25) is 5.91 Å². The number of para-hydroxylation sites is 1. The van der Waals surface area contributed by atoms with E-state index in [4.69, 9.17) is 0 Å². The monoisotopic (exact) mass is 437 g/mol. The van der Waals surface area contributed by atoms with E-state index in [1.165, 1.54) is 17.4 Å². The number of fused-ring (bicyclic) bond motifs is 1. The SMILES string of the molecule is CCCCn1c(SCC(=O)Nc2c(F)cccc2F)nc2sc(C)c(C)c2c1=O. The molecule has 0 aliphatic carbocycles. The van der Waals surface area contributed by atoms with Crippen LogP contribution in [0.4, 0.5) is 14.5 Å². The van der Waals surface area contributed by atoms with E-state index in [2.05, 4.69) is 10.3 Å². The lowest BCUT2D eigenvalue weighted by molar-refractivity contribution is -0.113. The van der Waals surface area contributed by atoms with Gasteiger partial charge in [0.25, 0.3) is 5.56 Å². The van der Waals surface area contributed by atoms with Crippen molar-refractivity contribution in [3.8, 4) is 0 Å². The minimum absolute atomic E-state index is 0.117. The summed E-state index contributed by atoms with van der Waals surface area (Å²) < 4.78 is 29.0. The lowest BCUT2D eigenvalue weighted by atomic mass is 10.2. The van der Waals surface area contributed by atoms with Crippen LogP contribution >= 0.6 is 23.1 Å². The number of aromatic nitrogens is 2.